The van der Waals surface area contributed by atoms with Crippen molar-refractivity contribution in [2.45, 2.75) is 10.3 Å². The normalized spacial score (nSPS) is 17.3. The van der Waals surface area contributed by atoms with E-state index in [9.17, 15) is 13.2 Å². The zero-order valence-corrected chi connectivity index (χ0v) is 14.4. The van der Waals surface area contributed by atoms with Crippen LogP contribution in [0.2, 0.25) is 4.34 Å². The summed E-state index contributed by atoms with van der Waals surface area (Å²) in [5.74, 6) is -0.0394. The van der Waals surface area contributed by atoms with Gasteiger partial charge in [0.2, 0.25) is 0 Å². The number of amides is 1. The lowest BCUT2D eigenvalue weighted by Crippen LogP contribution is -2.49. The fourth-order valence-corrected chi connectivity index (χ4v) is 5.35. The predicted octanol–water partition coefficient (Wildman–Crippen LogP) is 2.10. The second kappa shape index (κ2) is 6.03. The van der Waals surface area contributed by atoms with E-state index in [0.29, 0.717) is 15.8 Å². The van der Waals surface area contributed by atoms with Crippen LogP contribution in [0.4, 0.5) is 5.69 Å². The van der Waals surface area contributed by atoms with Crippen molar-refractivity contribution in [1.82, 2.24) is 5.32 Å². The van der Waals surface area contributed by atoms with Gasteiger partial charge in [-0.2, -0.15) is 0 Å². The quantitative estimate of drug-likeness (QED) is 0.895. The second-order valence-electron chi connectivity index (χ2n) is 4.78. The van der Waals surface area contributed by atoms with Gasteiger partial charge in [-0.15, -0.1) is 11.3 Å². The van der Waals surface area contributed by atoms with Crippen LogP contribution in [0, 0.1) is 0 Å². The van der Waals surface area contributed by atoms with E-state index in [-0.39, 0.29) is 16.7 Å². The molecular formula is C14H13ClN2O4S2. The van der Waals surface area contributed by atoms with Gasteiger partial charge < -0.3 is 10.1 Å². The lowest BCUT2D eigenvalue weighted by molar-refractivity contribution is -0.127. The van der Waals surface area contributed by atoms with E-state index in [0.717, 1.165) is 11.3 Å². The van der Waals surface area contributed by atoms with Crippen LogP contribution in [0.1, 0.15) is 0 Å². The topological polar surface area (TPSA) is 75.7 Å². The van der Waals surface area contributed by atoms with Gasteiger partial charge in [0.05, 0.1) is 16.6 Å². The number of likely N-dealkylation sites (N-methyl/N-ethyl adjacent to an activating group) is 1. The SMILES string of the molecule is CNC(=O)C1CN(S(=O)(=O)c2ccc(Cl)s2)c2ccccc2O1. The Morgan fingerprint density at radius 2 is 2.09 bits per heavy atom. The van der Waals surface area contributed by atoms with E-state index < -0.39 is 16.1 Å². The number of benzene rings is 1. The Balaban J connectivity index is 2.08. The number of para-hydroxylation sites is 2. The molecule has 0 saturated carbocycles. The molecule has 6 nitrogen and oxygen atoms in total. The van der Waals surface area contributed by atoms with Crippen LogP contribution in [0.3, 0.4) is 0 Å². The van der Waals surface area contributed by atoms with E-state index in [1.54, 1.807) is 24.3 Å². The summed E-state index contributed by atoms with van der Waals surface area (Å²) in [7, 11) is -2.35. The Bertz CT molecular complexity index is 850. The number of thiophene rings is 1. The molecule has 2 heterocycles. The van der Waals surface area contributed by atoms with Crippen molar-refractivity contribution in [1.29, 1.82) is 0 Å². The number of anilines is 1. The average Bonchev–Trinajstić information content (AvgIpc) is 3.00. The number of carbonyl (C=O) groups excluding carboxylic acids is 1. The molecule has 0 aliphatic carbocycles. The Hall–Kier alpha value is -1.77. The molecule has 2 aromatic rings. The molecule has 1 N–H and O–H groups in total. The van der Waals surface area contributed by atoms with Crippen LogP contribution in [-0.4, -0.2) is 34.0 Å². The highest BCUT2D eigenvalue weighted by Crippen LogP contribution is 2.38. The minimum Gasteiger partial charge on any atom is -0.476 e. The smallest absolute Gasteiger partial charge is 0.274 e. The Morgan fingerprint density at radius 1 is 1.35 bits per heavy atom. The second-order valence-corrected chi connectivity index (χ2v) is 8.59. The van der Waals surface area contributed by atoms with E-state index in [2.05, 4.69) is 5.32 Å². The van der Waals surface area contributed by atoms with Gasteiger partial charge in [0.25, 0.3) is 15.9 Å². The largest absolute Gasteiger partial charge is 0.476 e. The standard InChI is InChI=1S/C14H13ClN2O4S2/c1-16-14(18)11-8-17(9-4-2-3-5-10(9)21-11)23(19,20)13-7-6-12(15)22-13/h2-7,11H,8H2,1H3,(H,16,18). The summed E-state index contributed by atoms with van der Waals surface area (Å²) in [6.07, 6.45) is -0.917. The van der Waals surface area contributed by atoms with Crippen molar-refractivity contribution in [2.24, 2.45) is 0 Å². The molecule has 1 amide bonds. The molecule has 0 radical (unpaired) electrons. The lowest BCUT2D eigenvalue weighted by Gasteiger charge is -2.34. The zero-order valence-electron chi connectivity index (χ0n) is 12.0. The number of sulfonamides is 1. The summed E-state index contributed by atoms with van der Waals surface area (Å²) in [4.78, 5) is 11.9. The highest BCUT2D eigenvalue weighted by atomic mass is 35.5. The minimum absolute atomic E-state index is 0.103. The Kier molecular flexibility index (Phi) is 4.22. The fourth-order valence-electron chi connectivity index (χ4n) is 2.27. The number of carbonyl (C=O) groups is 1. The van der Waals surface area contributed by atoms with Crippen LogP contribution in [0.5, 0.6) is 5.75 Å². The van der Waals surface area contributed by atoms with Gasteiger partial charge in [0.15, 0.2) is 6.10 Å². The van der Waals surface area contributed by atoms with Crippen LogP contribution < -0.4 is 14.4 Å². The zero-order chi connectivity index (χ0) is 16.6. The van der Waals surface area contributed by atoms with Gasteiger partial charge in [-0.1, -0.05) is 23.7 Å². The average molecular weight is 373 g/mol. The third kappa shape index (κ3) is 2.89. The monoisotopic (exact) mass is 372 g/mol. The van der Waals surface area contributed by atoms with Crippen LogP contribution >= 0.6 is 22.9 Å². The van der Waals surface area contributed by atoms with Gasteiger partial charge in [-0.05, 0) is 24.3 Å². The van der Waals surface area contributed by atoms with E-state index in [1.165, 1.54) is 23.5 Å². The van der Waals surface area contributed by atoms with Gasteiger partial charge >= 0.3 is 0 Å². The van der Waals surface area contributed by atoms with Crippen molar-refractivity contribution < 1.29 is 17.9 Å². The molecule has 23 heavy (non-hydrogen) atoms. The number of hydrogen-bond donors (Lipinski definition) is 1. The third-order valence-corrected chi connectivity index (χ3v) is 6.84. The number of rotatable bonds is 3. The summed E-state index contributed by atoms with van der Waals surface area (Å²) in [5, 5.41) is 2.48. The maximum absolute atomic E-state index is 12.9. The number of halogens is 1. The van der Waals surface area contributed by atoms with E-state index in [4.69, 9.17) is 16.3 Å². The fraction of sp³-hybridized carbons (Fsp3) is 0.214. The van der Waals surface area contributed by atoms with Gasteiger partial charge in [-0.3, -0.25) is 9.10 Å². The third-order valence-electron chi connectivity index (χ3n) is 3.37. The molecule has 1 aliphatic rings. The highest BCUT2D eigenvalue weighted by molar-refractivity contribution is 7.94. The van der Waals surface area contributed by atoms with Gasteiger partial charge in [0, 0.05) is 7.05 Å². The number of nitrogens with one attached hydrogen (secondary N) is 1. The van der Waals surface area contributed by atoms with Crippen molar-refractivity contribution in [2.75, 3.05) is 17.9 Å². The molecule has 1 aromatic heterocycles. The van der Waals surface area contributed by atoms with Crippen molar-refractivity contribution in [3.05, 3.63) is 40.7 Å². The molecule has 1 aliphatic heterocycles. The number of nitrogens with zero attached hydrogens (tertiary/aromatic N) is 1. The molecule has 122 valence electrons. The molecule has 9 heteroatoms. The maximum Gasteiger partial charge on any atom is 0.274 e. The first-order valence-electron chi connectivity index (χ1n) is 6.69. The first-order valence-corrected chi connectivity index (χ1v) is 9.32. The van der Waals surface area contributed by atoms with E-state index in [1.807, 2.05) is 0 Å². The maximum atomic E-state index is 12.9. The molecule has 0 spiro atoms. The van der Waals surface area contributed by atoms with Crippen LogP contribution in [0.25, 0.3) is 0 Å². The predicted molar refractivity (Wildman–Crippen MR) is 88.8 cm³/mol. The minimum atomic E-state index is -3.82. The van der Waals surface area contributed by atoms with Gasteiger partial charge in [0.1, 0.15) is 9.96 Å². The van der Waals surface area contributed by atoms with Crippen molar-refractivity contribution in [3.63, 3.8) is 0 Å². The summed E-state index contributed by atoms with van der Waals surface area (Å²) in [6, 6.07) is 9.69. The summed E-state index contributed by atoms with van der Waals surface area (Å²) < 4.78 is 33.1. The Labute approximate surface area is 142 Å². The van der Waals surface area contributed by atoms with Crippen molar-refractivity contribution in [3.8, 4) is 5.75 Å². The molecule has 3 rings (SSSR count). The molecule has 0 saturated heterocycles. The van der Waals surface area contributed by atoms with Crippen LogP contribution in [0.15, 0.2) is 40.6 Å². The molecule has 1 aromatic carbocycles. The molecule has 0 fully saturated rings. The molecular weight excluding hydrogens is 360 g/mol. The number of ether oxygens (including phenoxy) is 1. The van der Waals surface area contributed by atoms with Crippen molar-refractivity contribution >= 4 is 44.6 Å². The van der Waals surface area contributed by atoms with Gasteiger partial charge in [-0.25, -0.2) is 8.42 Å². The summed E-state index contributed by atoms with van der Waals surface area (Å²) in [6.45, 7) is -0.103. The number of hydrogen-bond acceptors (Lipinski definition) is 5. The molecule has 1 atom stereocenters. The first-order chi connectivity index (χ1) is 10.9. The number of fused-ring (bicyclic) bond motifs is 1. The summed E-state index contributed by atoms with van der Waals surface area (Å²) >= 11 is 6.83. The molecule has 0 bridgehead atoms. The van der Waals surface area contributed by atoms with E-state index >= 15 is 0 Å². The lowest BCUT2D eigenvalue weighted by atomic mass is 10.2. The first kappa shape index (κ1) is 16.1. The summed E-state index contributed by atoms with van der Waals surface area (Å²) in [5.41, 5.74) is 0.400. The molecule has 1 unspecified atom stereocenters. The van der Waals surface area contributed by atoms with Crippen LogP contribution in [-0.2, 0) is 14.8 Å². The highest BCUT2D eigenvalue weighted by Gasteiger charge is 2.37. The Morgan fingerprint density at radius 3 is 2.74 bits per heavy atom.